The van der Waals surface area contributed by atoms with Gasteiger partial charge in [0.1, 0.15) is 0 Å². The molecule has 2 rings (SSSR count). The minimum absolute atomic E-state index is 0.0419. The molecule has 0 saturated carbocycles. The van der Waals surface area contributed by atoms with E-state index in [0.29, 0.717) is 17.1 Å². The Balaban J connectivity index is 2.53. The van der Waals surface area contributed by atoms with Crippen LogP contribution in [0.15, 0.2) is 12.1 Å². The number of carbonyl (C=O) groups excluding carboxylic acids is 1. The van der Waals surface area contributed by atoms with Crippen LogP contribution in [0.3, 0.4) is 0 Å². The molecule has 4 nitrogen and oxygen atoms in total. The molecule has 0 aliphatic carbocycles. The molecule has 1 aliphatic heterocycles. The fourth-order valence-electron chi connectivity index (χ4n) is 1.38. The number of rotatable bonds is 0. The monoisotopic (exact) mass is 178 g/mol. The van der Waals surface area contributed by atoms with Crippen molar-refractivity contribution in [2.24, 2.45) is 0 Å². The van der Waals surface area contributed by atoms with Gasteiger partial charge in [-0.25, -0.2) is 0 Å². The Morgan fingerprint density at radius 2 is 2.31 bits per heavy atom. The van der Waals surface area contributed by atoms with Gasteiger partial charge in [-0.05, 0) is 24.6 Å². The first kappa shape index (κ1) is 7.91. The van der Waals surface area contributed by atoms with Crippen molar-refractivity contribution in [2.45, 2.75) is 6.92 Å². The molecule has 0 aromatic heterocycles. The number of hydrogen-bond donors (Lipinski definition) is 2. The number of hydrogen-bond acceptors (Lipinski definition) is 3. The number of ether oxygens (including phenoxy) is 1. The molecule has 3 N–H and O–H groups in total. The van der Waals surface area contributed by atoms with E-state index < -0.39 is 0 Å². The summed E-state index contributed by atoms with van der Waals surface area (Å²) < 4.78 is 5.18. The van der Waals surface area contributed by atoms with Crippen molar-refractivity contribution in [2.75, 3.05) is 17.7 Å². The second kappa shape index (κ2) is 2.65. The van der Waals surface area contributed by atoms with E-state index in [9.17, 15) is 4.79 Å². The summed E-state index contributed by atoms with van der Waals surface area (Å²) in [7, 11) is 0. The molecule has 1 aromatic carbocycles. The van der Waals surface area contributed by atoms with Gasteiger partial charge in [0, 0.05) is 0 Å². The second-order valence-electron chi connectivity index (χ2n) is 3.07. The van der Waals surface area contributed by atoms with E-state index in [4.69, 9.17) is 10.5 Å². The van der Waals surface area contributed by atoms with Crippen LogP contribution in [0.4, 0.5) is 11.4 Å². The lowest BCUT2D eigenvalue weighted by molar-refractivity contribution is -0.118. The highest BCUT2D eigenvalue weighted by Gasteiger charge is 2.18. The van der Waals surface area contributed by atoms with Gasteiger partial charge in [0.2, 0.25) is 0 Å². The third kappa shape index (κ3) is 1.30. The van der Waals surface area contributed by atoms with E-state index in [1.54, 1.807) is 0 Å². The zero-order valence-electron chi connectivity index (χ0n) is 7.26. The van der Waals surface area contributed by atoms with Gasteiger partial charge in [0.25, 0.3) is 5.91 Å². The second-order valence-corrected chi connectivity index (χ2v) is 3.07. The average molecular weight is 178 g/mol. The maximum atomic E-state index is 11.0. The third-order valence-corrected chi connectivity index (χ3v) is 1.88. The third-order valence-electron chi connectivity index (χ3n) is 1.88. The molecule has 0 spiro atoms. The highest BCUT2D eigenvalue weighted by molar-refractivity contribution is 5.97. The molecule has 1 heterocycles. The molecule has 1 amide bonds. The van der Waals surface area contributed by atoms with Gasteiger partial charge in [-0.2, -0.15) is 0 Å². The van der Waals surface area contributed by atoms with E-state index in [0.717, 1.165) is 5.56 Å². The Hall–Kier alpha value is -1.71. The van der Waals surface area contributed by atoms with Gasteiger partial charge in [0.05, 0.1) is 11.4 Å². The van der Waals surface area contributed by atoms with Crippen molar-refractivity contribution in [3.8, 4) is 5.75 Å². The van der Waals surface area contributed by atoms with Crippen molar-refractivity contribution in [1.29, 1.82) is 0 Å². The number of fused-ring (bicyclic) bond motifs is 1. The number of anilines is 2. The molecule has 0 bridgehead atoms. The smallest absolute Gasteiger partial charge is 0.262 e. The fraction of sp³-hybridized carbons (Fsp3) is 0.222. The van der Waals surface area contributed by atoms with E-state index >= 15 is 0 Å². The summed E-state index contributed by atoms with van der Waals surface area (Å²) in [5, 5.41) is 2.70. The van der Waals surface area contributed by atoms with Crippen LogP contribution in [-0.2, 0) is 4.79 Å². The maximum Gasteiger partial charge on any atom is 0.262 e. The van der Waals surface area contributed by atoms with Crippen molar-refractivity contribution < 1.29 is 9.53 Å². The zero-order valence-corrected chi connectivity index (χ0v) is 7.26. The van der Waals surface area contributed by atoms with Crippen LogP contribution in [0.2, 0.25) is 0 Å². The molecule has 0 unspecified atom stereocenters. The predicted molar refractivity (Wildman–Crippen MR) is 49.7 cm³/mol. The molecular formula is C9H10N2O2. The van der Waals surface area contributed by atoms with Crippen molar-refractivity contribution in [1.82, 2.24) is 0 Å². The Labute approximate surface area is 75.7 Å². The van der Waals surface area contributed by atoms with E-state index in [1.807, 2.05) is 19.1 Å². The number of amides is 1. The molecule has 68 valence electrons. The Morgan fingerprint density at radius 3 is 3.08 bits per heavy atom. The highest BCUT2D eigenvalue weighted by atomic mass is 16.5. The summed E-state index contributed by atoms with van der Waals surface area (Å²) in [4.78, 5) is 11.0. The lowest BCUT2D eigenvalue weighted by Gasteiger charge is -2.19. The largest absolute Gasteiger partial charge is 0.479 e. The summed E-state index contributed by atoms with van der Waals surface area (Å²) >= 11 is 0. The molecular weight excluding hydrogens is 168 g/mol. The first-order valence-corrected chi connectivity index (χ1v) is 3.99. The van der Waals surface area contributed by atoms with Crippen molar-refractivity contribution in [3.63, 3.8) is 0 Å². The Kier molecular flexibility index (Phi) is 1.62. The molecule has 1 aromatic rings. The van der Waals surface area contributed by atoms with Gasteiger partial charge >= 0.3 is 0 Å². The summed E-state index contributed by atoms with van der Waals surface area (Å²) in [6.45, 7) is 1.96. The van der Waals surface area contributed by atoms with Crippen LogP contribution in [0.1, 0.15) is 5.56 Å². The lowest BCUT2D eigenvalue weighted by atomic mass is 10.1. The SMILES string of the molecule is Cc1cc(N)c2c(c1)NC(=O)CO2. The fourth-order valence-corrected chi connectivity index (χ4v) is 1.38. The summed E-state index contributed by atoms with van der Waals surface area (Å²) in [6.07, 6.45) is 0. The van der Waals surface area contributed by atoms with Crippen molar-refractivity contribution in [3.05, 3.63) is 17.7 Å². The zero-order chi connectivity index (χ0) is 9.42. The number of aryl methyl sites for hydroxylation is 1. The van der Waals surface area contributed by atoms with Gasteiger partial charge in [0.15, 0.2) is 12.4 Å². The average Bonchev–Trinajstić information content (AvgIpc) is 2.02. The molecule has 13 heavy (non-hydrogen) atoms. The highest BCUT2D eigenvalue weighted by Crippen LogP contribution is 2.34. The summed E-state index contributed by atoms with van der Waals surface area (Å²) in [5.41, 5.74) is 7.94. The number of nitrogen functional groups attached to an aromatic ring is 1. The van der Waals surface area contributed by atoms with E-state index in [-0.39, 0.29) is 12.5 Å². The first-order valence-electron chi connectivity index (χ1n) is 3.99. The topological polar surface area (TPSA) is 64.3 Å². The van der Waals surface area contributed by atoms with Gasteiger partial charge in [-0.15, -0.1) is 0 Å². The lowest BCUT2D eigenvalue weighted by Crippen LogP contribution is -2.26. The first-order chi connectivity index (χ1) is 6.16. The minimum Gasteiger partial charge on any atom is -0.479 e. The quantitative estimate of drug-likeness (QED) is 0.580. The maximum absolute atomic E-state index is 11.0. The van der Waals surface area contributed by atoms with Gasteiger partial charge in [-0.3, -0.25) is 4.79 Å². The molecule has 0 atom stereocenters. The van der Waals surface area contributed by atoms with Crippen LogP contribution in [0.5, 0.6) is 5.75 Å². The molecule has 0 fully saturated rings. The molecule has 0 saturated heterocycles. The summed E-state index contributed by atoms with van der Waals surface area (Å²) in [5.74, 6) is 0.433. The van der Waals surface area contributed by atoms with Crippen LogP contribution >= 0.6 is 0 Å². The molecule has 0 radical (unpaired) electrons. The molecule has 4 heteroatoms. The van der Waals surface area contributed by atoms with Crippen molar-refractivity contribution >= 4 is 17.3 Å². The van der Waals surface area contributed by atoms with Crippen LogP contribution in [0, 0.1) is 6.92 Å². The van der Waals surface area contributed by atoms with E-state index in [2.05, 4.69) is 5.32 Å². The Morgan fingerprint density at radius 1 is 1.54 bits per heavy atom. The predicted octanol–water partition coefficient (Wildman–Crippen LogP) is 0.908. The van der Waals surface area contributed by atoms with Crippen LogP contribution in [0.25, 0.3) is 0 Å². The molecule has 1 aliphatic rings. The summed E-state index contributed by atoms with van der Waals surface area (Å²) in [6, 6.07) is 3.65. The van der Waals surface area contributed by atoms with Crippen LogP contribution < -0.4 is 15.8 Å². The standard InChI is InChI=1S/C9H10N2O2/c1-5-2-6(10)9-7(3-5)11-8(12)4-13-9/h2-3H,4,10H2,1H3,(H,11,12). The Bertz CT molecular complexity index is 374. The normalized spacial score (nSPS) is 14.4. The minimum atomic E-state index is -0.141. The van der Waals surface area contributed by atoms with Gasteiger partial charge < -0.3 is 15.8 Å². The number of nitrogens with one attached hydrogen (secondary N) is 1. The van der Waals surface area contributed by atoms with E-state index in [1.165, 1.54) is 0 Å². The number of carbonyl (C=O) groups is 1. The van der Waals surface area contributed by atoms with Crippen LogP contribution in [-0.4, -0.2) is 12.5 Å². The van der Waals surface area contributed by atoms with Gasteiger partial charge in [-0.1, -0.05) is 0 Å². The number of benzene rings is 1. The number of nitrogens with two attached hydrogens (primary N) is 1.